The van der Waals surface area contributed by atoms with Gasteiger partial charge in [0.1, 0.15) is 0 Å². The summed E-state index contributed by atoms with van der Waals surface area (Å²) in [7, 11) is -8.94. The molecule has 0 radical (unpaired) electrons. The molecule has 0 spiro atoms. The summed E-state index contributed by atoms with van der Waals surface area (Å²) >= 11 is 0. The Balaban J connectivity index is -0.000000256. The Morgan fingerprint density at radius 3 is 1.05 bits per heavy atom. The molecular weight excluding hydrogens is 328 g/mol. The summed E-state index contributed by atoms with van der Waals surface area (Å²) in [6, 6.07) is 0. The van der Waals surface area contributed by atoms with E-state index in [9.17, 15) is 25.9 Å². The molecule has 0 aromatic rings. The molecular formula is C8H18CaO8S2. The van der Waals surface area contributed by atoms with E-state index in [4.69, 9.17) is 0 Å². The van der Waals surface area contributed by atoms with Gasteiger partial charge in [-0.2, -0.15) is 0 Å². The van der Waals surface area contributed by atoms with E-state index in [1.165, 1.54) is 0 Å². The predicted molar refractivity (Wildman–Crippen MR) is 66.7 cm³/mol. The van der Waals surface area contributed by atoms with E-state index < -0.39 is 20.8 Å². The zero-order valence-corrected chi connectivity index (χ0v) is 15.2. The Kier molecular flexibility index (Phi) is 15.3. The molecule has 0 aromatic carbocycles. The minimum atomic E-state index is -4.47. The third kappa shape index (κ3) is 32.5. The van der Waals surface area contributed by atoms with Crippen molar-refractivity contribution < 1.29 is 34.3 Å². The molecule has 0 aliphatic carbocycles. The fourth-order valence-corrected chi connectivity index (χ4v) is 1.32. The minimum absolute atomic E-state index is 0. The Labute approximate surface area is 144 Å². The van der Waals surface area contributed by atoms with Gasteiger partial charge in [-0.3, -0.25) is 8.37 Å². The molecule has 112 valence electrons. The van der Waals surface area contributed by atoms with Crippen molar-refractivity contribution in [3.8, 4) is 0 Å². The normalized spacial score (nSPS) is 11.8. The molecule has 0 aliphatic rings. The summed E-state index contributed by atoms with van der Waals surface area (Å²) in [5.41, 5.74) is 0. The van der Waals surface area contributed by atoms with Crippen LogP contribution in [0.1, 0.15) is 27.7 Å². The first-order valence-electron chi connectivity index (χ1n) is 5.04. The molecule has 0 saturated heterocycles. The van der Waals surface area contributed by atoms with Gasteiger partial charge < -0.3 is 9.11 Å². The van der Waals surface area contributed by atoms with Crippen LogP contribution in [0.15, 0.2) is 0 Å². The van der Waals surface area contributed by atoms with Gasteiger partial charge >= 0.3 is 37.7 Å². The van der Waals surface area contributed by atoms with Gasteiger partial charge in [0.25, 0.3) is 0 Å². The Bertz CT molecular complexity index is 360. The Hall–Kier alpha value is 1.000. The van der Waals surface area contributed by atoms with Crippen molar-refractivity contribution in [2.75, 3.05) is 13.2 Å². The molecule has 0 atom stereocenters. The molecule has 0 unspecified atom stereocenters. The molecule has 0 N–H and O–H groups in total. The van der Waals surface area contributed by atoms with Gasteiger partial charge in [-0.15, -0.1) is 0 Å². The molecule has 0 bridgehead atoms. The first-order valence-corrected chi connectivity index (χ1v) is 7.70. The van der Waals surface area contributed by atoms with Gasteiger partial charge in [0.05, 0.1) is 13.2 Å². The fraction of sp³-hybridized carbons (Fsp3) is 1.00. The van der Waals surface area contributed by atoms with Crippen LogP contribution >= 0.6 is 0 Å². The quantitative estimate of drug-likeness (QED) is 0.368. The second-order valence-electron chi connectivity index (χ2n) is 4.17. The van der Waals surface area contributed by atoms with E-state index in [-0.39, 0.29) is 62.8 Å². The van der Waals surface area contributed by atoms with Gasteiger partial charge in [0.15, 0.2) is 0 Å². The molecule has 19 heavy (non-hydrogen) atoms. The number of hydrogen-bond donors (Lipinski definition) is 0. The van der Waals surface area contributed by atoms with Crippen LogP contribution in [0.3, 0.4) is 0 Å². The average Bonchev–Trinajstić information content (AvgIpc) is 2.10. The average molecular weight is 346 g/mol. The maximum atomic E-state index is 9.76. The van der Waals surface area contributed by atoms with Crippen LogP contribution in [-0.2, 0) is 29.2 Å². The second kappa shape index (κ2) is 11.6. The molecule has 0 fully saturated rings. The van der Waals surface area contributed by atoms with Crippen LogP contribution < -0.4 is 0 Å². The van der Waals surface area contributed by atoms with Crippen molar-refractivity contribution in [2.45, 2.75) is 27.7 Å². The molecule has 0 aliphatic heterocycles. The summed E-state index contributed by atoms with van der Waals surface area (Å²) in [4.78, 5) is 0. The Morgan fingerprint density at radius 2 is 1.00 bits per heavy atom. The molecule has 0 heterocycles. The predicted octanol–water partition coefficient (Wildman–Crippen LogP) is -0.142. The molecule has 0 rings (SSSR count). The first-order chi connectivity index (χ1) is 7.83. The van der Waals surface area contributed by atoms with Gasteiger partial charge in [0.2, 0.25) is 20.8 Å². The van der Waals surface area contributed by atoms with Crippen LogP contribution in [-0.4, -0.2) is 76.9 Å². The SMILES string of the molecule is CC(C)COS(=O)(=O)[O-].CC(C)COS(=O)(=O)[O-].[Ca+2]. The molecule has 8 nitrogen and oxygen atoms in total. The van der Waals surface area contributed by atoms with Crippen molar-refractivity contribution >= 4 is 58.5 Å². The third-order valence-corrected chi connectivity index (χ3v) is 1.94. The van der Waals surface area contributed by atoms with Gasteiger partial charge in [0, 0.05) is 0 Å². The van der Waals surface area contributed by atoms with Crippen LogP contribution in [0.25, 0.3) is 0 Å². The maximum Gasteiger partial charge on any atom is 2.00 e. The zero-order chi connectivity index (χ0) is 15.0. The van der Waals surface area contributed by atoms with E-state index in [0.29, 0.717) is 0 Å². The monoisotopic (exact) mass is 346 g/mol. The topological polar surface area (TPSA) is 133 Å². The maximum absolute atomic E-state index is 9.76. The molecule has 11 heteroatoms. The summed E-state index contributed by atoms with van der Waals surface area (Å²) in [5, 5.41) is 0. The first kappa shape index (κ1) is 25.0. The van der Waals surface area contributed by atoms with Crippen molar-refractivity contribution in [3.05, 3.63) is 0 Å². The van der Waals surface area contributed by atoms with Gasteiger partial charge in [-0.1, -0.05) is 27.7 Å². The van der Waals surface area contributed by atoms with Gasteiger partial charge in [-0.05, 0) is 11.8 Å². The zero-order valence-electron chi connectivity index (χ0n) is 11.4. The molecule has 0 amide bonds. The number of rotatable bonds is 6. The van der Waals surface area contributed by atoms with Crippen molar-refractivity contribution in [3.63, 3.8) is 0 Å². The van der Waals surface area contributed by atoms with E-state index in [0.717, 1.165) is 0 Å². The summed E-state index contributed by atoms with van der Waals surface area (Å²) in [5.74, 6) is 0.127. The Morgan fingerprint density at radius 1 is 0.789 bits per heavy atom. The summed E-state index contributed by atoms with van der Waals surface area (Å²) in [6.45, 7) is 6.95. The van der Waals surface area contributed by atoms with Crippen LogP contribution in [0, 0.1) is 11.8 Å². The van der Waals surface area contributed by atoms with Crippen molar-refractivity contribution in [1.82, 2.24) is 0 Å². The standard InChI is InChI=1S/2C4H10O4S.Ca/c2*1-4(2)3-8-9(5,6)7;/h2*4H,3H2,1-2H3,(H,5,6,7);/q;;+2/p-2. The number of hydrogen-bond acceptors (Lipinski definition) is 8. The molecule has 0 aromatic heterocycles. The van der Waals surface area contributed by atoms with Crippen LogP contribution in [0.2, 0.25) is 0 Å². The van der Waals surface area contributed by atoms with Crippen LogP contribution in [0.5, 0.6) is 0 Å². The smallest absolute Gasteiger partial charge is 0.726 e. The van der Waals surface area contributed by atoms with Crippen LogP contribution in [0.4, 0.5) is 0 Å². The van der Waals surface area contributed by atoms with Gasteiger partial charge in [-0.25, -0.2) is 16.8 Å². The second-order valence-corrected chi connectivity index (χ2v) is 6.28. The van der Waals surface area contributed by atoms with E-state index in [1.54, 1.807) is 27.7 Å². The summed E-state index contributed by atoms with van der Waals surface area (Å²) in [6.07, 6.45) is 0. The fourth-order valence-electron chi connectivity index (χ4n) is 0.439. The van der Waals surface area contributed by atoms with E-state index >= 15 is 0 Å². The van der Waals surface area contributed by atoms with E-state index in [1.807, 2.05) is 0 Å². The van der Waals surface area contributed by atoms with E-state index in [2.05, 4.69) is 8.37 Å². The largest absolute Gasteiger partial charge is 2.00 e. The van der Waals surface area contributed by atoms with Crippen molar-refractivity contribution in [1.29, 1.82) is 0 Å². The minimum Gasteiger partial charge on any atom is -0.726 e. The van der Waals surface area contributed by atoms with Crippen molar-refractivity contribution in [2.24, 2.45) is 11.8 Å². The third-order valence-electron chi connectivity index (χ3n) is 1.09. The summed E-state index contributed by atoms with van der Waals surface area (Å²) < 4.78 is 66.4. The molecule has 0 saturated carbocycles.